The van der Waals surface area contributed by atoms with Gasteiger partial charge in [0.15, 0.2) is 17.5 Å². The van der Waals surface area contributed by atoms with Crippen LogP contribution in [0.3, 0.4) is 0 Å². The fraction of sp³-hybridized carbons (Fsp3) is 0.412. The molecular weight excluding hydrogens is 342 g/mol. The highest BCUT2D eigenvalue weighted by Crippen LogP contribution is 2.38. The molecular formula is C17H22ClN5O2. The molecule has 0 amide bonds. The van der Waals surface area contributed by atoms with Crippen LogP contribution >= 0.6 is 11.6 Å². The third-order valence-corrected chi connectivity index (χ3v) is 4.04. The summed E-state index contributed by atoms with van der Waals surface area (Å²) >= 11 is 6.26. The van der Waals surface area contributed by atoms with Gasteiger partial charge in [-0.1, -0.05) is 11.6 Å². The Morgan fingerprint density at radius 2 is 2.20 bits per heavy atom. The molecule has 0 bridgehead atoms. The predicted octanol–water partition coefficient (Wildman–Crippen LogP) is 2.06. The van der Waals surface area contributed by atoms with Crippen LogP contribution in [0.4, 0.5) is 0 Å². The van der Waals surface area contributed by atoms with Crippen molar-refractivity contribution in [2.24, 2.45) is 4.99 Å². The zero-order chi connectivity index (χ0) is 17.5. The number of ether oxygens (including phenoxy) is 2. The first-order valence-corrected chi connectivity index (χ1v) is 8.64. The van der Waals surface area contributed by atoms with E-state index in [4.69, 9.17) is 21.1 Å². The third-order valence-electron chi connectivity index (χ3n) is 3.76. The number of aromatic nitrogens is 2. The van der Waals surface area contributed by atoms with E-state index in [1.54, 1.807) is 13.2 Å². The number of nitrogens with one attached hydrogen (secondary N) is 2. The molecule has 2 heterocycles. The second-order valence-corrected chi connectivity index (χ2v) is 5.98. The number of guanidine groups is 1. The van der Waals surface area contributed by atoms with Crippen molar-refractivity contribution >= 4 is 17.6 Å². The molecule has 7 nitrogen and oxygen atoms in total. The van der Waals surface area contributed by atoms with Gasteiger partial charge in [-0.15, -0.1) is 0 Å². The summed E-state index contributed by atoms with van der Waals surface area (Å²) in [5.74, 6) is 2.06. The van der Waals surface area contributed by atoms with Gasteiger partial charge in [-0.25, -0.2) is 0 Å². The summed E-state index contributed by atoms with van der Waals surface area (Å²) in [6, 6.07) is 5.75. The Morgan fingerprint density at radius 1 is 1.32 bits per heavy atom. The van der Waals surface area contributed by atoms with Crippen LogP contribution in [0.2, 0.25) is 5.02 Å². The Labute approximate surface area is 152 Å². The van der Waals surface area contributed by atoms with Gasteiger partial charge in [0.2, 0.25) is 0 Å². The highest BCUT2D eigenvalue weighted by molar-refractivity contribution is 6.32. The largest absolute Gasteiger partial charge is 0.486 e. The van der Waals surface area contributed by atoms with Gasteiger partial charge in [-0.3, -0.25) is 9.67 Å². The summed E-state index contributed by atoms with van der Waals surface area (Å²) in [4.78, 5) is 4.23. The molecule has 0 saturated heterocycles. The van der Waals surface area contributed by atoms with Crippen molar-refractivity contribution in [1.29, 1.82) is 0 Å². The quantitative estimate of drug-likeness (QED) is 0.467. The van der Waals surface area contributed by atoms with Gasteiger partial charge < -0.3 is 20.1 Å². The first-order chi connectivity index (χ1) is 12.3. The normalized spacial score (nSPS) is 13.6. The molecule has 3 rings (SSSR count). The van der Waals surface area contributed by atoms with Crippen LogP contribution in [-0.4, -0.2) is 42.5 Å². The number of hydrogen-bond acceptors (Lipinski definition) is 4. The van der Waals surface area contributed by atoms with Crippen LogP contribution in [0.5, 0.6) is 11.5 Å². The van der Waals surface area contributed by atoms with E-state index in [-0.39, 0.29) is 0 Å². The smallest absolute Gasteiger partial charge is 0.191 e. The van der Waals surface area contributed by atoms with Crippen LogP contribution in [0.15, 0.2) is 35.6 Å². The van der Waals surface area contributed by atoms with Crippen molar-refractivity contribution in [2.75, 3.05) is 26.8 Å². The van der Waals surface area contributed by atoms with E-state index in [1.807, 2.05) is 29.1 Å². The molecule has 1 aliphatic heterocycles. The van der Waals surface area contributed by atoms with E-state index in [9.17, 15) is 0 Å². The number of aryl methyl sites for hydroxylation is 1. The summed E-state index contributed by atoms with van der Waals surface area (Å²) in [6.07, 6.45) is 4.70. The molecule has 8 heteroatoms. The van der Waals surface area contributed by atoms with Gasteiger partial charge in [-0.05, 0) is 30.2 Å². The van der Waals surface area contributed by atoms with Crippen molar-refractivity contribution in [3.8, 4) is 11.5 Å². The molecule has 1 aromatic heterocycles. The Hall–Kier alpha value is -2.41. The lowest BCUT2D eigenvalue weighted by atomic mass is 10.2. The van der Waals surface area contributed by atoms with Gasteiger partial charge in [0.1, 0.15) is 13.2 Å². The summed E-state index contributed by atoms with van der Waals surface area (Å²) in [6.45, 7) is 3.34. The van der Waals surface area contributed by atoms with E-state index in [0.717, 1.165) is 31.0 Å². The highest BCUT2D eigenvalue weighted by atomic mass is 35.5. The van der Waals surface area contributed by atoms with E-state index in [0.29, 0.717) is 36.3 Å². The Kier molecular flexibility index (Phi) is 6.00. The monoisotopic (exact) mass is 363 g/mol. The van der Waals surface area contributed by atoms with E-state index < -0.39 is 0 Å². The maximum absolute atomic E-state index is 6.26. The Bertz CT molecular complexity index is 718. The molecule has 0 fully saturated rings. The standard InChI is InChI=1S/C17H22ClN5O2/c1-19-17(20-4-2-6-23-7-3-5-22-23)21-12-13-10-14(18)16-15(11-13)24-8-9-25-16/h3,5,7,10-11H,2,4,6,8-9,12H2,1H3,(H2,19,20,21). The number of nitrogens with zero attached hydrogens (tertiary/aromatic N) is 3. The molecule has 1 aromatic carbocycles. The van der Waals surface area contributed by atoms with Crippen molar-refractivity contribution in [3.05, 3.63) is 41.2 Å². The van der Waals surface area contributed by atoms with Crippen molar-refractivity contribution < 1.29 is 9.47 Å². The second-order valence-electron chi connectivity index (χ2n) is 5.58. The molecule has 0 radical (unpaired) electrons. The summed E-state index contributed by atoms with van der Waals surface area (Å²) in [7, 11) is 1.75. The molecule has 0 atom stereocenters. The highest BCUT2D eigenvalue weighted by Gasteiger charge is 2.16. The van der Waals surface area contributed by atoms with Crippen molar-refractivity contribution in [2.45, 2.75) is 19.5 Å². The van der Waals surface area contributed by atoms with Gasteiger partial charge in [0.05, 0.1) is 5.02 Å². The minimum Gasteiger partial charge on any atom is -0.486 e. The van der Waals surface area contributed by atoms with Crippen LogP contribution in [0, 0.1) is 0 Å². The molecule has 0 saturated carbocycles. The van der Waals surface area contributed by atoms with E-state index in [1.165, 1.54) is 0 Å². The number of fused-ring (bicyclic) bond motifs is 1. The number of halogens is 1. The van der Waals surface area contributed by atoms with Crippen LogP contribution in [0.25, 0.3) is 0 Å². The van der Waals surface area contributed by atoms with Crippen LogP contribution < -0.4 is 20.1 Å². The molecule has 0 unspecified atom stereocenters. The molecule has 134 valence electrons. The molecule has 25 heavy (non-hydrogen) atoms. The zero-order valence-electron chi connectivity index (χ0n) is 14.2. The summed E-state index contributed by atoms with van der Waals surface area (Å²) in [5, 5.41) is 11.3. The molecule has 0 spiro atoms. The number of hydrogen-bond donors (Lipinski definition) is 2. The van der Waals surface area contributed by atoms with Crippen molar-refractivity contribution in [3.63, 3.8) is 0 Å². The van der Waals surface area contributed by atoms with Gasteiger partial charge >= 0.3 is 0 Å². The number of rotatable bonds is 6. The summed E-state index contributed by atoms with van der Waals surface area (Å²) < 4.78 is 13.0. The lowest BCUT2D eigenvalue weighted by Crippen LogP contribution is -2.37. The fourth-order valence-electron chi connectivity index (χ4n) is 2.55. The predicted molar refractivity (Wildman–Crippen MR) is 97.5 cm³/mol. The van der Waals surface area contributed by atoms with Crippen LogP contribution in [-0.2, 0) is 13.1 Å². The topological polar surface area (TPSA) is 72.7 Å². The molecule has 0 aliphatic carbocycles. The van der Waals surface area contributed by atoms with E-state index in [2.05, 4.69) is 20.7 Å². The Morgan fingerprint density at radius 3 is 3.00 bits per heavy atom. The average Bonchev–Trinajstić information content (AvgIpc) is 3.15. The van der Waals surface area contributed by atoms with Crippen molar-refractivity contribution in [1.82, 2.24) is 20.4 Å². The third kappa shape index (κ3) is 4.79. The first-order valence-electron chi connectivity index (χ1n) is 8.26. The van der Waals surface area contributed by atoms with Gasteiger partial charge in [0, 0.05) is 39.1 Å². The maximum atomic E-state index is 6.26. The van der Waals surface area contributed by atoms with Gasteiger partial charge in [0.25, 0.3) is 0 Å². The minimum atomic E-state index is 0.527. The van der Waals surface area contributed by atoms with E-state index >= 15 is 0 Å². The molecule has 1 aliphatic rings. The minimum absolute atomic E-state index is 0.527. The summed E-state index contributed by atoms with van der Waals surface area (Å²) in [5.41, 5.74) is 1.01. The maximum Gasteiger partial charge on any atom is 0.191 e. The SMILES string of the molecule is CN=C(NCCCn1cccn1)NCc1cc(Cl)c2c(c1)OCCO2. The number of benzene rings is 1. The zero-order valence-corrected chi connectivity index (χ0v) is 14.9. The van der Waals surface area contributed by atoms with Crippen LogP contribution in [0.1, 0.15) is 12.0 Å². The lowest BCUT2D eigenvalue weighted by Gasteiger charge is -2.20. The molecule has 2 N–H and O–H groups in total. The Balaban J connectivity index is 1.47. The average molecular weight is 364 g/mol. The second kappa shape index (κ2) is 8.62. The van der Waals surface area contributed by atoms with Gasteiger partial charge in [-0.2, -0.15) is 5.10 Å². The lowest BCUT2D eigenvalue weighted by molar-refractivity contribution is 0.171. The molecule has 2 aromatic rings. The first kappa shape index (κ1) is 17.4. The fourth-order valence-corrected chi connectivity index (χ4v) is 2.84. The number of aliphatic imine (C=N–C) groups is 1.